The van der Waals surface area contributed by atoms with E-state index in [0.717, 1.165) is 31.0 Å². The third-order valence-electron chi connectivity index (χ3n) is 3.67. The van der Waals surface area contributed by atoms with Gasteiger partial charge in [-0.15, -0.1) is 0 Å². The molecule has 0 amide bonds. The number of furan rings is 1. The minimum absolute atomic E-state index is 0.695. The highest BCUT2D eigenvalue weighted by molar-refractivity contribution is 5.32. The summed E-state index contributed by atoms with van der Waals surface area (Å²) in [5.41, 5.74) is 3.09. The van der Waals surface area contributed by atoms with Gasteiger partial charge in [-0.05, 0) is 35.4 Å². The SMILES string of the molecule is N#Cc1cccc(CN(Cc2ccccc2)Cc2ccco2)c1. The second-order valence-electron chi connectivity index (χ2n) is 5.52. The quantitative estimate of drug-likeness (QED) is 0.679. The van der Waals surface area contributed by atoms with Gasteiger partial charge in [-0.3, -0.25) is 4.90 Å². The molecule has 0 aliphatic heterocycles. The molecule has 0 bridgehead atoms. The largest absolute Gasteiger partial charge is 0.468 e. The standard InChI is InChI=1S/C20H18N2O/c21-13-18-8-4-9-19(12-18)15-22(16-20-10-5-11-23-20)14-17-6-2-1-3-7-17/h1-12H,14-16H2. The highest BCUT2D eigenvalue weighted by Crippen LogP contribution is 2.15. The molecule has 0 aliphatic carbocycles. The number of nitrogens with zero attached hydrogens (tertiary/aromatic N) is 2. The predicted molar refractivity (Wildman–Crippen MR) is 89.3 cm³/mol. The van der Waals surface area contributed by atoms with Gasteiger partial charge in [0.1, 0.15) is 5.76 Å². The third kappa shape index (κ3) is 4.32. The fourth-order valence-electron chi connectivity index (χ4n) is 2.63. The van der Waals surface area contributed by atoms with Crippen molar-refractivity contribution in [2.75, 3.05) is 0 Å². The van der Waals surface area contributed by atoms with Crippen molar-refractivity contribution < 1.29 is 4.42 Å². The first kappa shape index (κ1) is 15.1. The van der Waals surface area contributed by atoms with E-state index in [0.29, 0.717) is 5.56 Å². The number of hydrogen-bond acceptors (Lipinski definition) is 3. The van der Waals surface area contributed by atoms with Crippen molar-refractivity contribution >= 4 is 0 Å². The normalized spacial score (nSPS) is 10.6. The summed E-state index contributed by atoms with van der Waals surface area (Å²) in [6, 6.07) is 24.2. The summed E-state index contributed by atoms with van der Waals surface area (Å²) in [4.78, 5) is 2.31. The number of nitriles is 1. The lowest BCUT2D eigenvalue weighted by Crippen LogP contribution is -2.22. The molecule has 0 saturated carbocycles. The average molecular weight is 302 g/mol. The highest BCUT2D eigenvalue weighted by atomic mass is 16.3. The van der Waals surface area contributed by atoms with Crippen LogP contribution in [0.4, 0.5) is 0 Å². The van der Waals surface area contributed by atoms with Crippen molar-refractivity contribution in [2.45, 2.75) is 19.6 Å². The summed E-state index contributed by atoms with van der Waals surface area (Å²) in [5, 5.41) is 9.06. The van der Waals surface area contributed by atoms with Crippen LogP contribution in [0.3, 0.4) is 0 Å². The van der Waals surface area contributed by atoms with Gasteiger partial charge in [-0.2, -0.15) is 5.26 Å². The molecule has 3 aromatic rings. The van der Waals surface area contributed by atoms with Crippen LogP contribution in [0.1, 0.15) is 22.5 Å². The molecule has 3 nitrogen and oxygen atoms in total. The molecule has 0 N–H and O–H groups in total. The van der Waals surface area contributed by atoms with Gasteiger partial charge in [0.25, 0.3) is 0 Å². The van der Waals surface area contributed by atoms with Gasteiger partial charge in [-0.25, -0.2) is 0 Å². The maximum absolute atomic E-state index is 9.06. The molecule has 23 heavy (non-hydrogen) atoms. The van der Waals surface area contributed by atoms with Crippen molar-refractivity contribution in [2.24, 2.45) is 0 Å². The first-order valence-electron chi connectivity index (χ1n) is 7.61. The topological polar surface area (TPSA) is 40.2 Å². The Bertz CT molecular complexity index is 773. The zero-order valence-corrected chi connectivity index (χ0v) is 12.9. The summed E-state index contributed by atoms with van der Waals surface area (Å²) in [5.74, 6) is 0.942. The monoisotopic (exact) mass is 302 g/mol. The van der Waals surface area contributed by atoms with E-state index in [4.69, 9.17) is 9.68 Å². The maximum atomic E-state index is 9.06. The van der Waals surface area contributed by atoms with Gasteiger partial charge in [0.2, 0.25) is 0 Å². The summed E-state index contributed by atoms with van der Waals surface area (Å²) in [7, 11) is 0. The fraction of sp³-hybridized carbons (Fsp3) is 0.150. The van der Waals surface area contributed by atoms with Gasteiger partial charge < -0.3 is 4.42 Å². The zero-order valence-electron chi connectivity index (χ0n) is 12.9. The van der Waals surface area contributed by atoms with E-state index in [1.165, 1.54) is 5.56 Å². The molecular formula is C20H18N2O. The molecule has 1 heterocycles. The Morgan fingerprint density at radius 2 is 1.61 bits per heavy atom. The molecule has 114 valence electrons. The summed E-state index contributed by atoms with van der Waals surface area (Å²) in [6.45, 7) is 2.34. The highest BCUT2D eigenvalue weighted by Gasteiger charge is 2.10. The van der Waals surface area contributed by atoms with Crippen LogP contribution in [0.5, 0.6) is 0 Å². The minimum Gasteiger partial charge on any atom is -0.468 e. The summed E-state index contributed by atoms with van der Waals surface area (Å²) in [6.07, 6.45) is 1.70. The molecule has 0 fully saturated rings. The maximum Gasteiger partial charge on any atom is 0.117 e. The molecular weight excluding hydrogens is 284 g/mol. The van der Waals surface area contributed by atoms with Crippen LogP contribution in [0.15, 0.2) is 77.4 Å². The fourth-order valence-corrected chi connectivity index (χ4v) is 2.63. The van der Waals surface area contributed by atoms with Crippen LogP contribution in [-0.4, -0.2) is 4.90 Å². The first-order chi connectivity index (χ1) is 11.3. The molecule has 0 radical (unpaired) electrons. The molecule has 2 aromatic carbocycles. The summed E-state index contributed by atoms with van der Waals surface area (Å²) < 4.78 is 5.49. The van der Waals surface area contributed by atoms with Gasteiger partial charge in [0.15, 0.2) is 0 Å². The van der Waals surface area contributed by atoms with E-state index >= 15 is 0 Å². The third-order valence-corrected chi connectivity index (χ3v) is 3.67. The van der Waals surface area contributed by atoms with Gasteiger partial charge in [-0.1, -0.05) is 42.5 Å². The van der Waals surface area contributed by atoms with Crippen molar-refractivity contribution in [1.29, 1.82) is 5.26 Å². The molecule has 3 heteroatoms. The van der Waals surface area contributed by atoms with Crippen molar-refractivity contribution in [3.8, 4) is 6.07 Å². The Kier molecular flexibility index (Phi) is 4.88. The van der Waals surface area contributed by atoms with Crippen LogP contribution < -0.4 is 0 Å². The van der Waals surface area contributed by atoms with Crippen molar-refractivity contribution in [3.05, 3.63) is 95.4 Å². The molecule has 0 aliphatic rings. The van der Waals surface area contributed by atoms with E-state index < -0.39 is 0 Å². The molecule has 0 unspecified atom stereocenters. The lowest BCUT2D eigenvalue weighted by atomic mass is 10.1. The van der Waals surface area contributed by atoms with Gasteiger partial charge >= 0.3 is 0 Å². The Morgan fingerprint density at radius 1 is 0.826 bits per heavy atom. The number of rotatable bonds is 6. The second-order valence-corrected chi connectivity index (χ2v) is 5.52. The van der Waals surface area contributed by atoms with Gasteiger partial charge in [0.05, 0.1) is 24.4 Å². The smallest absolute Gasteiger partial charge is 0.117 e. The van der Waals surface area contributed by atoms with Crippen LogP contribution in [-0.2, 0) is 19.6 Å². The second kappa shape index (κ2) is 7.44. The summed E-state index contributed by atoms with van der Waals surface area (Å²) >= 11 is 0. The van der Waals surface area contributed by atoms with Crippen LogP contribution in [0, 0.1) is 11.3 Å². The molecule has 3 rings (SSSR count). The lowest BCUT2D eigenvalue weighted by molar-refractivity contribution is 0.227. The lowest BCUT2D eigenvalue weighted by Gasteiger charge is -2.21. The van der Waals surface area contributed by atoms with E-state index in [1.807, 2.05) is 36.4 Å². The van der Waals surface area contributed by atoms with E-state index in [9.17, 15) is 0 Å². The van der Waals surface area contributed by atoms with Crippen molar-refractivity contribution in [3.63, 3.8) is 0 Å². The van der Waals surface area contributed by atoms with Crippen LogP contribution >= 0.6 is 0 Å². The number of benzene rings is 2. The number of hydrogen-bond donors (Lipinski definition) is 0. The van der Waals surface area contributed by atoms with Crippen molar-refractivity contribution in [1.82, 2.24) is 4.90 Å². The Morgan fingerprint density at radius 3 is 2.35 bits per heavy atom. The van der Waals surface area contributed by atoms with E-state index in [1.54, 1.807) is 6.26 Å². The van der Waals surface area contributed by atoms with Crippen LogP contribution in [0.25, 0.3) is 0 Å². The molecule has 1 aromatic heterocycles. The Labute approximate surface area is 136 Å². The zero-order chi connectivity index (χ0) is 15.9. The minimum atomic E-state index is 0.695. The molecule has 0 spiro atoms. The molecule has 0 atom stereocenters. The Hall–Kier alpha value is -2.83. The average Bonchev–Trinajstić information content (AvgIpc) is 3.09. The van der Waals surface area contributed by atoms with Gasteiger partial charge in [0, 0.05) is 13.1 Å². The van der Waals surface area contributed by atoms with Crippen LogP contribution in [0.2, 0.25) is 0 Å². The first-order valence-corrected chi connectivity index (χ1v) is 7.61. The Balaban J connectivity index is 1.78. The van der Waals surface area contributed by atoms with E-state index in [2.05, 4.69) is 41.3 Å². The predicted octanol–water partition coefficient (Wildman–Crippen LogP) is 4.35. The molecule has 0 saturated heterocycles. The van der Waals surface area contributed by atoms with E-state index in [-0.39, 0.29) is 0 Å².